The van der Waals surface area contributed by atoms with E-state index < -0.39 is 0 Å². The Morgan fingerprint density at radius 3 is 2.88 bits per heavy atom. The minimum atomic E-state index is -0.187. The molecular formula is C12H16FN3. The molecule has 16 heavy (non-hydrogen) atoms. The van der Waals surface area contributed by atoms with E-state index in [1.165, 1.54) is 6.07 Å². The second kappa shape index (κ2) is 4.43. The predicted octanol–water partition coefficient (Wildman–Crippen LogP) is 1.28. The molecule has 0 unspecified atom stereocenters. The summed E-state index contributed by atoms with van der Waals surface area (Å²) in [5.41, 5.74) is 6.25. The second-order valence-electron chi connectivity index (χ2n) is 4.09. The number of halogens is 1. The van der Waals surface area contributed by atoms with Gasteiger partial charge in [0.25, 0.3) is 0 Å². The number of para-hydroxylation sites is 1. The Kier molecular flexibility index (Phi) is 2.99. The molecule has 1 aromatic carbocycles. The van der Waals surface area contributed by atoms with Crippen LogP contribution in [0, 0.1) is 11.7 Å². The van der Waals surface area contributed by atoms with E-state index in [1.807, 2.05) is 24.1 Å². The zero-order valence-corrected chi connectivity index (χ0v) is 9.28. The smallest absolute Gasteiger partial charge is 0.146 e. The van der Waals surface area contributed by atoms with Gasteiger partial charge in [-0.15, -0.1) is 0 Å². The SMILES string of the molecule is CN(C[C@H]1C=C(N)NC1)c1ccccc1F. The highest BCUT2D eigenvalue weighted by Gasteiger charge is 2.16. The first-order chi connectivity index (χ1) is 7.66. The van der Waals surface area contributed by atoms with Crippen LogP contribution in [-0.4, -0.2) is 20.1 Å². The number of nitrogens with two attached hydrogens (primary N) is 1. The molecule has 1 heterocycles. The van der Waals surface area contributed by atoms with Crippen molar-refractivity contribution in [1.29, 1.82) is 0 Å². The molecule has 0 amide bonds. The van der Waals surface area contributed by atoms with Crippen molar-refractivity contribution in [2.45, 2.75) is 0 Å². The van der Waals surface area contributed by atoms with Gasteiger partial charge in [0.05, 0.1) is 11.5 Å². The van der Waals surface area contributed by atoms with Crippen LogP contribution in [0.25, 0.3) is 0 Å². The van der Waals surface area contributed by atoms with Gasteiger partial charge in [-0.25, -0.2) is 4.39 Å². The average Bonchev–Trinajstić information content (AvgIpc) is 2.64. The molecule has 0 radical (unpaired) electrons. The summed E-state index contributed by atoms with van der Waals surface area (Å²) >= 11 is 0. The van der Waals surface area contributed by atoms with Gasteiger partial charge in [0, 0.05) is 26.1 Å². The van der Waals surface area contributed by atoms with E-state index in [0.29, 0.717) is 17.4 Å². The van der Waals surface area contributed by atoms with Gasteiger partial charge >= 0.3 is 0 Å². The van der Waals surface area contributed by atoms with E-state index in [1.54, 1.807) is 12.1 Å². The molecule has 0 saturated carbocycles. The normalized spacial score (nSPS) is 19.1. The van der Waals surface area contributed by atoms with Gasteiger partial charge in [0.2, 0.25) is 0 Å². The Balaban J connectivity index is 2.03. The van der Waals surface area contributed by atoms with Crippen LogP contribution in [0.3, 0.4) is 0 Å². The molecule has 3 N–H and O–H groups in total. The minimum Gasteiger partial charge on any atom is -0.386 e. The van der Waals surface area contributed by atoms with Crippen LogP contribution in [0.2, 0.25) is 0 Å². The Hall–Kier alpha value is -1.71. The number of anilines is 1. The molecule has 1 aromatic rings. The lowest BCUT2D eigenvalue weighted by Gasteiger charge is -2.22. The van der Waals surface area contributed by atoms with Gasteiger partial charge in [0.1, 0.15) is 5.82 Å². The first-order valence-corrected chi connectivity index (χ1v) is 5.33. The fraction of sp³-hybridized carbons (Fsp3) is 0.333. The lowest BCUT2D eigenvalue weighted by molar-refractivity contribution is 0.602. The maximum Gasteiger partial charge on any atom is 0.146 e. The number of benzene rings is 1. The molecular weight excluding hydrogens is 205 g/mol. The molecule has 4 heteroatoms. The molecule has 0 aromatic heterocycles. The van der Waals surface area contributed by atoms with E-state index in [0.717, 1.165) is 13.1 Å². The van der Waals surface area contributed by atoms with Gasteiger partial charge in [0.15, 0.2) is 0 Å². The van der Waals surface area contributed by atoms with Crippen LogP contribution in [-0.2, 0) is 0 Å². The summed E-state index contributed by atoms with van der Waals surface area (Å²) in [4.78, 5) is 1.91. The van der Waals surface area contributed by atoms with Gasteiger partial charge < -0.3 is 16.0 Å². The van der Waals surface area contributed by atoms with Crippen LogP contribution in [0.5, 0.6) is 0 Å². The van der Waals surface area contributed by atoms with Crippen LogP contribution in [0.4, 0.5) is 10.1 Å². The molecule has 0 aliphatic carbocycles. The Morgan fingerprint density at radius 2 is 2.25 bits per heavy atom. The fourth-order valence-corrected chi connectivity index (χ4v) is 1.95. The van der Waals surface area contributed by atoms with Crippen molar-refractivity contribution in [2.75, 3.05) is 25.0 Å². The van der Waals surface area contributed by atoms with E-state index in [-0.39, 0.29) is 5.82 Å². The first-order valence-electron chi connectivity index (χ1n) is 5.33. The van der Waals surface area contributed by atoms with E-state index in [2.05, 4.69) is 5.32 Å². The van der Waals surface area contributed by atoms with E-state index in [4.69, 9.17) is 5.73 Å². The monoisotopic (exact) mass is 221 g/mol. The Morgan fingerprint density at radius 1 is 1.50 bits per heavy atom. The lowest BCUT2D eigenvalue weighted by atomic mass is 10.1. The molecule has 0 spiro atoms. The molecule has 1 aliphatic heterocycles. The highest BCUT2D eigenvalue weighted by atomic mass is 19.1. The zero-order chi connectivity index (χ0) is 11.5. The van der Waals surface area contributed by atoms with Crippen molar-refractivity contribution in [3.63, 3.8) is 0 Å². The van der Waals surface area contributed by atoms with Crippen LogP contribution < -0.4 is 16.0 Å². The number of hydrogen-bond acceptors (Lipinski definition) is 3. The van der Waals surface area contributed by atoms with Crippen molar-refractivity contribution in [1.82, 2.24) is 5.32 Å². The fourth-order valence-electron chi connectivity index (χ4n) is 1.95. The zero-order valence-electron chi connectivity index (χ0n) is 9.28. The van der Waals surface area contributed by atoms with Crippen molar-refractivity contribution in [2.24, 2.45) is 11.7 Å². The van der Waals surface area contributed by atoms with Crippen LogP contribution >= 0.6 is 0 Å². The third kappa shape index (κ3) is 2.27. The quantitative estimate of drug-likeness (QED) is 0.808. The summed E-state index contributed by atoms with van der Waals surface area (Å²) in [5, 5.41) is 3.06. The van der Waals surface area contributed by atoms with Crippen molar-refractivity contribution < 1.29 is 4.39 Å². The molecule has 0 fully saturated rings. The molecule has 3 nitrogen and oxygen atoms in total. The summed E-state index contributed by atoms with van der Waals surface area (Å²) in [6.07, 6.45) is 1.98. The van der Waals surface area contributed by atoms with Crippen LogP contribution in [0.1, 0.15) is 0 Å². The van der Waals surface area contributed by atoms with Gasteiger partial charge in [-0.05, 0) is 18.2 Å². The largest absolute Gasteiger partial charge is 0.386 e. The summed E-state index contributed by atoms with van der Waals surface area (Å²) in [6, 6.07) is 6.79. The highest BCUT2D eigenvalue weighted by molar-refractivity contribution is 5.47. The van der Waals surface area contributed by atoms with Crippen molar-refractivity contribution in [3.8, 4) is 0 Å². The lowest BCUT2D eigenvalue weighted by Crippen LogP contribution is -2.28. The first kappa shape index (κ1) is 10.8. The predicted molar refractivity (Wildman–Crippen MR) is 63.4 cm³/mol. The van der Waals surface area contributed by atoms with Crippen molar-refractivity contribution >= 4 is 5.69 Å². The maximum atomic E-state index is 13.5. The standard InChI is InChI=1S/C12H16FN3/c1-16(8-9-6-12(14)15-7-9)11-5-3-2-4-10(11)13/h2-6,9,15H,7-8,14H2,1H3/t9-/m0/s1. The number of nitrogens with zero attached hydrogens (tertiary/aromatic N) is 1. The molecule has 1 aliphatic rings. The maximum absolute atomic E-state index is 13.5. The summed E-state index contributed by atoms with van der Waals surface area (Å²) in [5.74, 6) is 0.865. The third-order valence-corrected chi connectivity index (χ3v) is 2.76. The van der Waals surface area contributed by atoms with Gasteiger partial charge in [-0.2, -0.15) is 0 Å². The molecule has 0 saturated heterocycles. The van der Waals surface area contributed by atoms with Crippen molar-refractivity contribution in [3.05, 3.63) is 42.0 Å². The molecule has 1 atom stereocenters. The number of hydrogen-bond donors (Lipinski definition) is 2. The van der Waals surface area contributed by atoms with Crippen LogP contribution in [0.15, 0.2) is 36.2 Å². The summed E-state index contributed by atoms with van der Waals surface area (Å²) in [6.45, 7) is 1.58. The molecule has 86 valence electrons. The second-order valence-corrected chi connectivity index (χ2v) is 4.09. The van der Waals surface area contributed by atoms with E-state index >= 15 is 0 Å². The topological polar surface area (TPSA) is 41.3 Å². The molecule has 0 bridgehead atoms. The number of rotatable bonds is 3. The summed E-state index contributed by atoms with van der Waals surface area (Å²) < 4.78 is 13.5. The highest BCUT2D eigenvalue weighted by Crippen LogP contribution is 2.19. The van der Waals surface area contributed by atoms with Gasteiger partial charge in [-0.3, -0.25) is 0 Å². The average molecular weight is 221 g/mol. The minimum absolute atomic E-state index is 0.187. The summed E-state index contributed by atoms with van der Waals surface area (Å²) in [7, 11) is 1.89. The molecule has 2 rings (SSSR count). The number of nitrogens with one attached hydrogen (secondary N) is 1. The van der Waals surface area contributed by atoms with Gasteiger partial charge in [-0.1, -0.05) is 12.1 Å². The Bertz CT molecular complexity index is 403. The van der Waals surface area contributed by atoms with E-state index in [9.17, 15) is 4.39 Å². The Labute approximate surface area is 94.7 Å². The third-order valence-electron chi connectivity index (χ3n) is 2.76.